The molecule has 0 aliphatic heterocycles. The summed E-state index contributed by atoms with van der Waals surface area (Å²) in [5, 5.41) is 17.9. The predicted molar refractivity (Wildman–Crippen MR) is 68.8 cm³/mol. The molecule has 0 aliphatic carbocycles. The van der Waals surface area contributed by atoms with Crippen molar-refractivity contribution in [1.82, 2.24) is 10.1 Å². The van der Waals surface area contributed by atoms with Crippen molar-refractivity contribution in [2.24, 2.45) is 0 Å². The second kappa shape index (κ2) is 5.47. The maximum atomic E-state index is 10.9. The summed E-state index contributed by atoms with van der Waals surface area (Å²) in [7, 11) is 0. The van der Waals surface area contributed by atoms with Crippen molar-refractivity contribution in [2.45, 2.75) is 26.3 Å². The molecule has 0 saturated heterocycles. The van der Waals surface area contributed by atoms with Gasteiger partial charge in [-0.1, -0.05) is 24.2 Å². The van der Waals surface area contributed by atoms with Crippen LogP contribution < -0.4 is 5.32 Å². The maximum absolute atomic E-state index is 10.9. The molecule has 0 radical (unpaired) electrons. The fraction of sp³-hybridized carbons (Fsp3) is 0.333. The predicted octanol–water partition coefficient (Wildman–Crippen LogP) is 2.85. The summed E-state index contributed by atoms with van der Waals surface area (Å²) >= 11 is 0. The van der Waals surface area contributed by atoms with E-state index >= 15 is 0 Å². The van der Waals surface area contributed by atoms with Gasteiger partial charge in [0.1, 0.15) is 5.69 Å². The SMILES string of the molecule is CCC(Nc1ccccc1[N+](=O)[O-])c1noc(C)n1. The number of nitro benzene ring substituents is 1. The average molecular weight is 262 g/mol. The first-order valence-electron chi connectivity index (χ1n) is 5.92. The van der Waals surface area contributed by atoms with Crippen molar-refractivity contribution in [3.05, 3.63) is 46.1 Å². The fourth-order valence-electron chi connectivity index (χ4n) is 1.75. The van der Waals surface area contributed by atoms with Gasteiger partial charge in [-0.2, -0.15) is 4.98 Å². The molecule has 19 heavy (non-hydrogen) atoms. The van der Waals surface area contributed by atoms with E-state index < -0.39 is 4.92 Å². The first kappa shape index (κ1) is 13.0. The number of nitrogens with one attached hydrogen (secondary N) is 1. The van der Waals surface area contributed by atoms with Gasteiger partial charge in [0.25, 0.3) is 5.69 Å². The minimum absolute atomic E-state index is 0.0289. The van der Waals surface area contributed by atoms with Crippen LogP contribution in [0.2, 0.25) is 0 Å². The van der Waals surface area contributed by atoms with Gasteiger partial charge in [0.05, 0.1) is 11.0 Å². The Morgan fingerprint density at radius 2 is 2.21 bits per heavy atom. The first-order valence-corrected chi connectivity index (χ1v) is 5.92. The monoisotopic (exact) mass is 262 g/mol. The minimum atomic E-state index is -0.420. The van der Waals surface area contributed by atoms with Crippen molar-refractivity contribution < 1.29 is 9.45 Å². The van der Waals surface area contributed by atoms with E-state index in [9.17, 15) is 10.1 Å². The van der Waals surface area contributed by atoms with E-state index in [0.717, 1.165) is 0 Å². The molecule has 2 aromatic rings. The summed E-state index contributed by atoms with van der Waals surface area (Å²) in [6, 6.07) is 6.26. The Morgan fingerprint density at radius 1 is 1.47 bits per heavy atom. The second-order valence-corrected chi connectivity index (χ2v) is 4.05. The zero-order valence-corrected chi connectivity index (χ0v) is 10.7. The molecule has 0 spiro atoms. The number of para-hydroxylation sites is 2. The van der Waals surface area contributed by atoms with Crippen LogP contribution in [-0.2, 0) is 0 Å². The summed E-state index contributed by atoms with van der Waals surface area (Å²) in [5.74, 6) is 0.968. The largest absolute Gasteiger partial charge is 0.369 e. The number of hydrogen-bond acceptors (Lipinski definition) is 6. The Kier molecular flexibility index (Phi) is 3.74. The average Bonchev–Trinajstić information content (AvgIpc) is 2.82. The highest BCUT2D eigenvalue weighted by molar-refractivity contribution is 5.61. The summed E-state index contributed by atoms with van der Waals surface area (Å²) < 4.78 is 4.93. The van der Waals surface area contributed by atoms with Gasteiger partial charge in [-0.15, -0.1) is 0 Å². The molecule has 1 N–H and O–H groups in total. The summed E-state index contributed by atoms with van der Waals surface area (Å²) in [5.41, 5.74) is 0.475. The van der Waals surface area contributed by atoms with Crippen LogP contribution in [-0.4, -0.2) is 15.1 Å². The van der Waals surface area contributed by atoms with Gasteiger partial charge < -0.3 is 9.84 Å². The van der Waals surface area contributed by atoms with E-state index in [1.165, 1.54) is 6.07 Å². The molecule has 0 fully saturated rings. The van der Waals surface area contributed by atoms with Gasteiger partial charge in [0, 0.05) is 13.0 Å². The van der Waals surface area contributed by atoms with Gasteiger partial charge in [-0.25, -0.2) is 0 Å². The number of rotatable bonds is 5. The lowest BCUT2D eigenvalue weighted by Gasteiger charge is -2.14. The van der Waals surface area contributed by atoms with E-state index in [1.54, 1.807) is 25.1 Å². The number of aromatic nitrogens is 2. The molecule has 2 rings (SSSR count). The molecule has 7 heteroatoms. The maximum Gasteiger partial charge on any atom is 0.292 e. The molecule has 1 unspecified atom stereocenters. The van der Waals surface area contributed by atoms with Crippen molar-refractivity contribution in [1.29, 1.82) is 0 Å². The summed E-state index contributed by atoms with van der Waals surface area (Å²) in [6.45, 7) is 3.65. The molecule has 1 aromatic heterocycles. The second-order valence-electron chi connectivity index (χ2n) is 4.05. The van der Waals surface area contributed by atoms with Crippen LogP contribution in [0, 0.1) is 17.0 Å². The van der Waals surface area contributed by atoms with Crippen LogP contribution in [0.25, 0.3) is 0 Å². The van der Waals surface area contributed by atoms with Crippen LogP contribution >= 0.6 is 0 Å². The van der Waals surface area contributed by atoms with E-state index in [-0.39, 0.29) is 11.7 Å². The van der Waals surface area contributed by atoms with E-state index in [4.69, 9.17) is 4.52 Å². The van der Waals surface area contributed by atoms with Crippen molar-refractivity contribution in [2.75, 3.05) is 5.32 Å². The molecule has 100 valence electrons. The fourth-order valence-corrected chi connectivity index (χ4v) is 1.75. The smallest absolute Gasteiger partial charge is 0.292 e. The number of aryl methyl sites for hydroxylation is 1. The molecule has 1 heterocycles. The molecule has 0 aliphatic rings. The number of benzene rings is 1. The Labute approximate surface area is 109 Å². The number of nitrogens with zero attached hydrogens (tertiary/aromatic N) is 3. The standard InChI is InChI=1S/C12H14N4O3/c1-3-9(12-13-8(2)19-15-12)14-10-6-4-5-7-11(10)16(17)18/h4-7,9,14H,3H2,1-2H3. The Morgan fingerprint density at radius 3 is 2.79 bits per heavy atom. The van der Waals surface area contributed by atoms with Crippen LogP contribution in [0.5, 0.6) is 0 Å². The van der Waals surface area contributed by atoms with Gasteiger partial charge in [-0.3, -0.25) is 10.1 Å². The minimum Gasteiger partial charge on any atom is -0.369 e. The van der Waals surface area contributed by atoms with E-state index in [2.05, 4.69) is 15.5 Å². The van der Waals surface area contributed by atoms with Gasteiger partial charge in [-0.05, 0) is 12.5 Å². The zero-order valence-electron chi connectivity index (χ0n) is 10.7. The molecule has 0 saturated carbocycles. The number of hydrogen-bond donors (Lipinski definition) is 1. The molecular weight excluding hydrogens is 248 g/mol. The third kappa shape index (κ3) is 2.87. The summed E-state index contributed by atoms with van der Waals surface area (Å²) in [4.78, 5) is 14.7. The van der Waals surface area contributed by atoms with Crippen LogP contribution in [0.15, 0.2) is 28.8 Å². The molecule has 0 bridgehead atoms. The lowest BCUT2D eigenvalue weighted by atomic mass is 10.2. The number of anilines is 1. The van der Waals surface area contributed by atoms with Crippen molar-refractivity contribution in [3.8, 4) is 0 Å². The molecule has 1 atom stereocenters. The Balaban J connectivity index is 2.26. The molecular formula is C12H14N4O3. The van der Waals surface area contributed by atoms with Crippen LogP contribution in [0.4, 0.5) is 11.4 Å². The van der Waals surface area contributed by atoms with Gasteiger partial charge in [0.2, 0.25) is 5.89 Å². The normalized spacial score (nSPS) is 12.1. The van der Waals surface area contributed by atoms with E-state index in [1.807, 2.05) is 6.92 Å². The lowest BCUT2D eigenvalue weighted by Crippen LogP contribution is -2.12. The third-order valence-electron chi connectivity index (χ3n) is 2.69. The van der Waals surface area contributed by atoms with Gasteiger partial charge in [0.15, 0.2) is 5.82 Å². The highest BCUT2D eigenvalue weighted by Gasteiger charge is 2.19. The highest BCUT2D eigenvalue weighted by atomic mass is 16.6. The van der Waals surface area contributed by atoms with E-state index in [0.29, 0.717) is 23.8 Å². The molecule has 0 amide bonds. The molecule has 7 nitrogen and oxygen atoms in total. The highest BCUT2D eigenvalue weighted by Crippen LogP contribution is 2.28. The quantitative estimate of drug-likeness (QED) is 0.657. The number of nitro groups is 1. The first-order chi connectivity index (χ1) is 9.11. The lowest BCUT2D eigenvalue weighted by molar-refractivity contribution is -0.384. The topological polar surface area (TPSA) is 94.1 Å². The summed E-state index contributed by atoms with van der Waals surface area (Å²) in [6.07, 6.45) is 0.686. The van der Waals surface area contributed by atoms with Crippen LogP contribution in [0.3, 0.4) is 0 Å². The third-order valence-corrected chi connectivity index (χ3v) is 2.69. The zero-order chi connectivity index (χ0) is 13.8. The van der Waals surface area contributed by atoms with Crippen LogP contribution in [0.1, 0.15) is 31.1 Å². The Bertz CT molecular complexity index is 582. The Hall–Kier alpha value is -2.44. The van der Waals surface area contributed by atoms with Crippen molar-refractivity contribution in [3.63, 3.8) is 0 Å². The van der Waals surface area contributed by atoms with Crippen molar-refractivity contribution >= 4 is 11.4 Å². The van der Waals surface area contributed by atoms with Gasteiger partial charge >= 0.3 is 0 Å². The molecule has 1 aromatic carbocycles.